The van der Waals surface area contributed by atoms with Gasteiger partial charge in [-0.15, -0.1) is 0 Å². The largest absolute Gasteiger partial charge is 0.383 e. The van der Waals surface area contributed by atoms with Crippen molar-refractivity contribution in [3.63, 3.8) is 0 Å². The number of nitrogen functional groups attached to an aromatic ring is 1. The second kappa shape index (κ2) is 3.79. The number of ether oxygens (including phenoxy) is 1. The van der Waals surface area contributed by atoms with Crippen molar-refractivity contribution in [1.82, 2.24) is 9.78 Å². The van der Waals surface area contributed by atoms with E-state index < -0.39 is 0 Å². The molecular weight excluding hydrogens is 258 g/mol. The Hall–Kier alpha value is -0.550. The van der Waals surface area contributed by atoms with Gasteiger partial charge >= 0.3 is 0 Å². The van der Waals surface area contributed by atoms with Gasteiger partial charge in [0.2, 0.25) is 0 Å². The van der Waals surface area contributed by atoms with Crippen LogP contribution in [-0.2, 0) is 4.74 Å². The fraction of sp³-hybridized carbons (Fsp3) is 0.700. The predicted molar refractivity (Wildman–Crippen MR) is 62.6 cm³/mol. The van der Waals surface area contributed by atoms with E-state index in [0.717, 1.165) is 23.9 Å². The fourth-order valence-corrected chi connectivity index (χ4v) is 2.32. The Bertz CT molecular complexity index is 362. The van der Waals surface area contributed by atoms with E-state index in [2.05, 4.69) is 34.9 Å². The quantitative estimate of drug-likeness (QED) is 0.855. The lowest BCUT2D eigenvalue weighted by atomic mass is 9.94. The second-order valence-corrected chi connectivity index (χ2v) is 5.43. The molecule has 0 aromatic carbocycles. The molecule has 1 unspecified atom stereocenters. The van der Waals surface area contributed by atoms with Gasteiger partial charge in [-0.05, 0) is 42.6 Å². The maximum Gasteiger partial charge on any atom is 0.136 e. The van der Waals surface area contributed by atoms with E-state index in [1.165, 1.54) is 0 Å². The van der Waals surface area contributed by atoms with Crippen LogP contribution in [0.3, 0.4) is 0 Å². The summed E-state index contributed by atoms with van der Waals surface area (Å²) in [7, 11) is 0. The highest BCUT2D eigenvalue weighted by atomic mass is 79.9. The molecule has 0 aliphatic carbocycles. The summed E-state index contributed by atoms with van der Waals surface area (Å²) < 4.78 is 8.43. The zero-order valence-corrected chi connectivity index (χ0v) is 10.6. The van der Waals surface area contributed by atoms with Gasteiger partial charge in [0.1, 0.15) is 5.82 Å². The van der Waals surface area contributed by atoms with Crippen molar-refractivity contribution in [3.8, 4) is 0 Å². The molecule has 0 amide bonds. The number of hydrogen-bond acceptors (Lipinski definition) is 3. The standard InChI is InChI=1S/C10H16BrN3O/c1-10(2)5-7(3-4-15-10)14-9(12)8(11)6-13-14/h6-7H,3-5,12H2,1-2H3. The zero-order valence-electron chi connectivity index (χ0n) is 9.03. The van der Waals surface area contributed by atoms with Crippen molar-refractivity contribution in [2.24, 2.45) is 0 Å². The minimum absolute atomic E-state index is 0.0756. The molecule has 2 heterocycles. The minimum Gasteiger partial charge on any atom is -0.383 e. The van der Waals surface area contributed by atoms with E-state index in [-0.39, 0.29) is 5.60 Å². The van der Waals surface area contributed by atoms with Crippen LogP contribution in [0.25, 0.3) is 0 Å². The van der Waals surface area contributed by atoms with Crippen LogP contribution in [-0.4, -0.2) is 22.0 Å². The summed E-state index contributed by atoms with van der Waals surface area (Å²) in [6.45, 7) is 4.98. The van der Waals surface area contributed by atoms with Crippen LogP contribution in [0.1, 0.15) is 32.7 Å². The van der Waals surface area contributed by atoms with Gasteiger partial charge in [0.15, 0.2) is 0 Å². The Kier molecular flexibility index (Phi) is 2.77. The van der Waals surface area contributed by atoms with E-state index >= 15 is 0 Å². The molecule has 5 heteroatoms. The van der Waals surface area contributed by atoms with Crippen molar-refractivity contribution in [1.29, 1.82) is 0 Å². The van der Waals surface area contributed by atoms with Crippen LogP contribution in [0.2, 0.25) is 0 Å². The van der Waals surface area contributed by atoms with Gasteiger partial charge in [-0.25, -0.2) is 4.68 Å². The lowest BCUT2D eigenvalue weighted by Crippen LogP contribution is -2.35. The number of hydrogen-bond donors (Lipinski definition) is 1. The second-order valence-electron chi connectivity index (χ2n) is 4.58. The number of anilines is 1. The number of nitrogens with zero attached hydrogens (tertiary/aromatic N) is 2. The van der Waals surface area contributed by atoms with Gasteiger partial charge in [-0.2, -0.15) is 5.10 Å². The first-order chi connectivity index (χ1) is 6.99. The Balaban J connectivity index is 2.21. The molecule has 2 N–H and O–H groups in total. The summed E-state index contributed by atoms with van der Waals surface area (Å²) in [5.41, 5.74) is 5.86. The van der Waals surface area contributed by atoms with Crippen LogP contribution in [0.4, 0.5) is 5.82 Å². The monoisotopic (exact) mass is 273 g/mol. The molecule has 0 radical (unpaired) electrons. The van der Waals surface area contributed by atoms with Crippen molar-refractivity contribution in [3.05, 3.63) is 10.7 Å². The number of aromatic nitrogens is 2. The molecule has 15 heavy (non-hydrogen) atoms. The first-order valence-electron chi connectivity index (χ1n) is 5.12. The van der Waals surface area contributed by atoms with E-state index in [0.29, 0.717) is 11.9 Å². The lowest BCUT2D eigenvalue weighted by molar-refractivity contribution is -0.0704. The van der Waals surface area contributed by atoms with Gasteiger partial charge in [-0.3, -0.25) is 0 Å². The Morgan fingerprint density at radius 3 is 2.93 bits per heavy atom. The molecule has 0 spiro atoms. The van der Waals surface area contributed by atoms with Gasteiger partial charge in [0, 0.05) is 6.61 Å². The lowest BCUT2D eigenvalue weighted by Gasteiger charge is -2.35. The SMILES string of the molecule is CC1(C)CC(n2ncc(Br)c2N)CCO1. The maximum atomic E-state index is 5.93. The Morgan fingerprint density at radius 2 is 2.40 bits per heavy atom. The summed E-state index contributed by atoms with van der Waals surface area (Å²) >= 11 is 3.37. The fourth-order valence-electron chi connectivity index (χ4n) is 2.05. The average molecular weight is 274 g/mol. The maximum absolute atomic E-state index is 5.93. The summed E-state index contributed by atoms with van der Waals surface area (Å²) in [4.78, 5) is 0. The zero-order chi connectivity index (χ0) is 11.1. The first kappa shape index (κ1) is 11.0. The van der Waals surface area contributed by atoms with Gasteiger partial charge < -0.3 is 10.5 Å². The molecule has 1 aromatic heterocycles. The van der Waals surface area contributed by atoms with Gasteiger partial charge in [0.05, 0.1) is 22.3 Å². The van der Waals surface area contributed by atoms with Crippen LogP contribution in [0.5, 0.6) is 0 Å². The third-order valence-electron chi connectivity index (χ3n) is 2.80. The molecule has 0 bridgehead atoms. The summed E-state index contributed by atoms with van der Waals surface area (Å²) in [5, 5.41) is 4.29. The topological polar surface area (TPSA) is 53.1 Å². The minimum atomic E-state index is -0.0756. The molecule has 1 aromatic rings. The molecule has 1 saturated heterocycles. The van der Waals surface area contributed by atoms with Gasteiger partial charge in [0.25, 0.3) is 0 Å². The Morgan fingerprint density at radius 1 is 1.67 bits per heavy atom. The molecule has 1 fully saturated rings. The van der Waals surface area contributed by atoms with Crippen molar-refractivity contribution < 1.29 is 4.74 Å². The highest BCUT2D eigenvalue weighted by Gasteiger charge is 2.31. The third-order valence-corrected chi connectivity index (χ3v) is 3.41. The highest BCUT2D eigenvalue weighted by Crippen LogP contribution is 2.34. The number of halogens is 1. The van der Waals surface area contributed by atoms with E-state index in [4.69, 9.17) is 10.5 Å². The van der Waals surface area contributed by atoms with Crippen LogP contribution < -0.4 is 5.73 Å². The summed E-state index contributed by atoms with van der Waals surface area (Å²) in [6, 6.07) is 0.347. The summed E-state index contributed by atoms with van der Waals surface area (Å²) in [5.74, 6) is 0.706. The molecular formula is C10H16BrN3O. The van der Waals surface area contributed by atoms with E-state index in [1.54, 1.807) is 6.20 Å². The number of rotatable bonds is 1. The van der Waals surface area contributed by atoms with Crippen molar-refractivity contribution in [2.45, 2.75) is 38.3 Å². The highest BCUT2D eigenvalue weighted by molar-refractivity contribution is 9.10. The van der Waals surface area contributed by atoms with E-state index in [1.807, 2.05) is 4.68 Å². The Labute approximate surface area is 97.9 Å². The van der Waals surface area contributed by atoms with Crippen LogP contribution in [0.15, 0.2) is 10.7 Å². The molecule has 4 nitrogen and oxygen atoms in total. The smallest absolute Gasteiger partial charge is 0.136 e. The first-order valence-corrected chi connectivity index (χ1v) is 5.91. The molecule has 84 valence electrons. The average Bonchev–Trinajstić information content (AvgIpc) is 2.46. The van der Waals surface area contributed by atoms with E-state index in [9.17, 15) is 0 Å². The molecule has 1 aliphatic heterocycles. The normalized spacial score (nSPS) is 25.4. The van der Waals surface area contributed by atoms with Crippen LogP contribution in [0, 0.1) is 0 Å². The predicted octanol–water partition coefficient (Wildman–Crippen LogP) is 2.36. The third kappa shape index (κ3) is 2.18. The van der Waals surface area contributed by atoms with Crippen LogP contribution >= 0.6 is 15.9 Å². The summed E-state index contributed by atoms with van der Waals surface area (Å²) in [6.07, 6.45) is 3.67. The molecule has 0 saturated carbocycles. The van der Waals surface area contributed by atoms with Crippen molar-refractivity contribution >= 4 is 21.7 Å². The molecule has 1 atom stereocenters. The number of nitrogens with two attached hydrogens (primary N) is 1. The van der Waals surface area contributed by atoms with Crippen molar-refractivity contribution in [2.75, 3.05) is 12.3 Å². The molecule has 1 aliphatic rings. The van der Waals surface area contributed by atoms with Gasteiger partial charge in [-0.1, -0.05) is 0 Å². The molecule has 2 rings (SSSR count).